The van der Waals surface area contributed by atoms with Crippen LogP contribution in [0.25, 0.3) is 0 Å². The van der Waals surface area contributed by atoms with Gasteiger partial charge in [-0.3, -0.25) is 9.69 Å². The highest BCUT2D eigenvalue weighted by atomic mass is 32.2. The molecule has 5 nitrogen and oxygen atoms in total. The van der Waals surface area contributed by atoms with Gasteiger partial charge >= 0.3 is 0 Å². The molecule has 1 N–H and O–H groups in total. The molecule has 5 rings (SSSR count). The maximum atomic E-state index is 13.6. The highest BCUT2D eigenvalue weighted by molar-refractivity contribution is 8.19. The van der Waals surface area contributed by atoms with E-state index >= 15 is 0 Å². The van der Waals surface area contributed by atoms with Gasteiger partial charge in [-0.2, -0.15) is 0 Å². The molecule has 2 fully saturated rings. The van der Waals surface area contributed by atoms with Gasteiger partial charge in [-0.15, -0.1) is 0 Å². The zero-order valence-electron chi connectivity index (χ0n) is 16.7. The fourth-order valence-corrected chi connectivity index (χ4v) is 6.60. The number of hydrogen-bond donors (Lipinski definition) is 1. The topological polar surface area (TPSA) is 56.1 Å². The molecule has 2 aromatic carbocycles. The first-order valence-corrected chi connectivity index (χ1v) is 11.9. The first-order valence-electron chi connectivity index (χ1n) is 10.3. The summed E-state index contributed by atoms with van der Waals surface area (Å²) in [5.41, 5.74) is 1.87. The molecule has 2 heterocycles. The van der Waals surface area contributed by atoms with Crippen molar-refractivity contribution in [2.75, 3.05) is 11.9 Å². The van der Waals surface area contributed by atoms with Crippen molar-refractivity contribution < 1.29 is 9.90 Å². The number of amides is 1. The third-order valence-electron chi connectivity index (χ3n) is 5.76. The normalized spacial score (nSPS) is 23.5. The molecule has 3 aliphatic rings. The Hall–Kier alpha value is -2.38. The Kier molecular flexibility index (Phi) is 5.25. The average molecular weight is 438 g/mol. The van der Waals surface area contributed by atoms with E-state index in [1.807, 2.05) is 24.1 Å². The number of nitrogens with zero attached hydrogens (tertiary/aromatic N) is 3. The molecule has 30 heavy (non-hydrogen) atoms. The fraction of sp³-hybridized carbons (Fsp3) is 0.304. The zero-order chi connectivity index (χ0) is 20.7. The summed E-state index contributed by atoms with van der Waals surface area (Å²) in [6, 6.07) is 15.3. The number of phenols is 1. The predicted molar refractivity (Wildman–Crippen MR) is 124 cm³/mol. The highest BCUT2D eigenvalue weighted by Gasteiger charge is 2.42. The van der Waals surface area contributed by atoms with E-state index in [0.29, 0.717) is 0 Å². The summed E-state index contributed by atoms with van der Waals surface area (Å²) in [7, 11) is 2.02. The number of thioether (sulfide) groups is 2. The second-order valence-electron chi connectivity index (χ2n) is 7.74. The molecule has 1 amide bonds. The number of hydrogen-bond acceptors (Lipinski definition) is 6. The van der Waals surface area contributed by atoms with Crippen molar-refractivity contribution >= 4 is 46.0 Å². The van der Waals surface area contributed by atoms with E-state index in [1.54, 1.807) is 36.0 Å². The monoisotopic (exact) mass is 437 g/mol. The molecule has 0 aromatic heterocycles. The first kappa shape index (κ1) is 19.6. The van der Waals surface area contributed by atoms with Crippen molar-refractivity contribution in [2.24, 2.45) is 4.99 Å². The Morgan fingerprint density at radius 1 is 1.00 bits per heavy atom. The van der Waals surface area contributed by atoms with E-state index in [-0.39, 0.29) is 17.7 Å². The third-order valence-corrected chi connectivity index (χ3v) is 8.17. The van der Waals surface area contributed by atoms with Gasteiger partial charge in [0.15, 0.2) is 5.17 Å². The number of carbonyl (C=O) groups is 1. The number of amidine groups is 1. The first-order chi connectivity index (χ1) is 14.6. The maximum Gasteiger partial charge on any atom is 0.269 e. The van der Waals surface area contributed by atoms with E-state index in [1.165, 1.54) is 23.1 Å². The SMILES string of the molecule is CN1C(=C2SC(=Nc3ccc(O)cc3)N(C3CCCCC3)C2=O)Sc2ccccc21. The van der Waals surface area contributed by atoms with Gasteiger partial charge < -0.3 is 10.0 Å². The van der Waals surface area contributed by atoms with Crippen molar-refractivity contribution in [3.63, 3.8) is 0 Å². The molecule has 1 aliphatic carbocycles. The van der Waals surface area contributed by atoms with Crippen LogP contribution in [0.4, 0.5) is 11.4 Å². The van der Waals surface area contributed by atoms with E-state index in [0.717, 1.165) is 52.2 Å². The van der Waals surface area contributed by atoms with Gasteiger partial charge in [0.25, 0.3) is 5.91 Å². The number of rotatable bonds is 2. The molecule has 2 aliphatic heterocycles. The van der Waals surface area contributed by atoms with Crippen LogP contribution in [0.15, 0.2) is 68.4 Å². The van der Waals surface area contributed by atoms with Crippen molar-refractivity contribution in [3.05, 3.63) is 58.5 Å². The summed E-state index contributed by atoms with van der Waals surface area (Å²) in [5, 5.41) is 11.3. The molecule has 0 atom stereocenters. The highest BCUT2D eigenvalue weighted by Crippen LogP contribution is 2.50. The second-order valence-corrected chi connectivity index (χ2v) is 9.75. The number of carbonyl (C=O) groups excluding carboxylic acids is 1. The van der Waals surface area contributed by atoms with Crippen LogP contribution in [0.2, 0.25) is 0 Å². The summed E-state index contributed by atoms with van der Waals surface area (Å²) in [6.45, 7) is 0. The van der Waals surface area contributed by atoms with E-state index < -0.39 is 0 Å². The molecule has 2 aromatic rings. The third kappa shape index (κ3) is 3.50. The van der Waals surface area contributed by atoms with Gasteiger partial charge in [-0.25, -0.2) is 4.99 Å². The Labute approximate surface area is 184 Å². The molecule has 0 spiro atoms. The number of aliphatic imine (C=N–C) groups is 1. The number of benzene rings is 2. The molecule has 1 saturated heterocycles. The smallest absolute Gasteiger partial charge is 0.269 e. The minimum atomic E-state index is 0.0617. The summed E-state index contributed by atoms with van der Waals surface area (Å²) >= 11 is 3.13. The molecule has 1 saturated carbocycles. The summed E-state index contributed by atoms with van der Waals surface area (Å²) in [6.07, 6.45) is 5.58. The summed E-state index contributed by atoms with van der Waals surface area (Å²) < 4.78 is 0. The minimum Gasteiger partial charge on any atom is -0.508 e. The standard InChI is InChI=1S/C23H23N3O2S2/c1-25-18-9-5-6-10-19(18)29-22(25)20-21(28)26(16-7-3-2-4-8-16)23(30-20)24-15-11-13-17(27)14-12-15/h5-6,9-14,16,27H,2-4,7-8H2,1H3. The maximum absolute atomic E-state index is 13.6. The van der Waals surface area contributed by atoms with Gasteiger partial charge in [0, 0.05) is 18.0 Å². The van der Waals surface area contributed by atoms with Crippen LogP contribution in [0, 0.1) is 0 Å². The molecular formula is C23H23N3O2S2. The predicted octanol–water partition coefficient (Wildman–Crippen LogP) is 5.70. The number of aromatic hydroxyl groups is 1. The van der Waals surface area contributed by atoms with Crippen LogP contribution in [-0.2, 0) is 4.79 Å². The van der Waals surface area contributed by atoms with Crippen LogP contribution in [-0.4, -0.2) is 34.2 Å². The Morgan fingerprint density at radius 3 is 2.47 bits per heavy atom. The zero-order valence-corrected chi connectivity index (χ0v) is 18.4. The van der Waals surface area contributed by atoms with Crippen LogP contribution in [0.1, 0.15) is 32.1 Å². The van der Waals surface area contributed by atoms with Gasteiger partial charge in [0.05, 0.1) is 16.4 Å². The summed E-state index contributed by atoms with van der Waals surface area (Å²) in [5.74, 6) is 0.273. The molecule has 0 unspecified atom stereocenters. The van der Waals surface area contributed by atoms with Crippen molar-refractivity contribution in [1.29, 1.82) is 0 Å². The van der Waals surface area contributed by atoms with Crippen LogP contribution in [0.3, 0.4) is 0 Å². The second kappa shape index (κ2) is 8.04. The number of fused-ring (bicyclic) bond motifs is 1. The van der Waals surface area contributed by atoms with E-state index in [9.17, 15) is 9.90 Å². The van der Waals surface area contributed by atoms with Crippen LogP contribution < -0.4 is 4.90 Å². The van der Waals surface area contributed by atoms with Crippen LogP contribution in [0.5, 0.6) is 5.75 Å². The molecular weight excluding hydrogens is 414 g/mol. The van der Waals surface area contributed by atoms with Gasteiger partial charge in [-0.05, 0) is 61.0 Å². The number of anilines is 1. The van der Waals surface area contributed by atoms with E-state index in [4.69, 9.17) is 4.99 Å². The van der Waals surface area contributed by atoms with Gasteiger partial charge in [0.2, 0.25) is 0 Å². The molecule has 0 radical (unpaired) electrons. The Morgan fingerprint density at radius 2 is 1.73 bits per heavy atom. The molecule has 154 valence electrons. The lowest BCUT2D eigenvalue weighted by molar-refractivity contribution is -0.124. The molecule has 7 heteroatoms. The van der Waals surface area contributed by atoms with Crippen LogP contribution >= 0.6 is 23.5 Å². The van der Waals surface area contributed by atoms with Gasteiger partial charge in [-0.1, -0.05) is 43.2 Å². The average Bonchev–Trinajstić information content (AvgIpc) is 3.27. The fourth-order valence-electron chi connectivity index (χ4n) is 4.19. The Balaban J connectivity index is 1.55. The lowest BCUT2D eigenvalue weighted by Gasteiger charge is -2.30. The van der Waals surface area contributed by atoms with E-state index in [2.05, 4.69) is 17.0 Å². The van der Waals surface area contributed by atoms with Gasteiger partial charge in [0.1, 0.15) is 10.7 Å². The number of para-hydroxylation sites is 1. The van der Waals surface area contributed by atoms with Crippen molar-refractivity contribution in [2.45, 2.75) is 43.0 Å². The lowest BCUT2D eigenvalue weighted by Crippen LogP contribution is -2.40. The quantitative estimate of drug-likeness (QED) is 0.611. The van der Waals surface area contributed by atoms with Crippen molar-refractivity contribution in [1.82, 2.24) is 4.90 Å². The van der Waals surface area contributed by atoms with Crippen molar-refractivity contribution in [3.8, 4) is 5.75 Å². The summed E-state index contributed by atoms with van der Waals surface area (Å²) in [4.78, 5) is 24.4. The molecule has 0 bridgehead atoms. The lowest BCUT2D eigenvalue weighted by atomic mass is 9.94. The Bertz CT molecular complexity index is 1040. The largest absolute Gasteiger partial charge is 0.508 e. The minimum absolute atomic E-state index is 0.0617. The number of phenolic OH excluding ortho intramolecular Hbond substituents is 1.